The number of hydrogen-bond donors (Lipinski definition) is 1. The van der Waals surface area contributed by atoms with Crippen LogP contribution in [0.3, 0.4) is 0 Å². The number of nitrogens with one attached hydrogen (secondary N) is 1. The first-order valence-electron chi connectivity index (χ1n) is 8.72. The molecule has 0 aromatic heterocycles. The zero-order chi connectivity index (χ0) is 20.5. The number of fused-ring (bicyclic) bond motifs is 1. The Hall–Kier alpha value is -2.57. The average Bonchev–Trinajstić information content (AvgIpc) is 2.64. The van der Waals surface area contributed by atoms with E-state index in [4.69, 9.17) is 11.6 Å². The largest absolute Gasteiger partial charge is 0.324 e. The Bertz CT molecular complexity index is 1140. The third-order valence-corrected chi connectivity index (χ3v) is 6.01. The van der Waals surface area contributed by atoms with Gasteiger partial charge in [0.25, 0.3) is 0 Å². The van der Waals surface area contributed by atoms with Crippen molar-refractivity contribution in [3.63, 3.8) is 0 Å². The summed E-state index contributed by atoms with van der Waals surface area (Å²) in [6, 6.07) is 17.3. The molecule has 0 heterocycles. The van der Waals surface area contributed by atoms with E-state index in [0.29, 0.717) is 22.0 Å². The highest BCUT2D eigenvalue weighted by Crippen LogP contribution is 2.29. The van der Waals surface area contributed by atoms with Gasteiger partial charge in [0, 0.05) is 16.1 Å². The predicted octanol–water partition coefficient (Wildman–Crippen LogP) is 4.59. The van der Waals surface area contributed by atoms with E-state index in [1.165, 1.54) is 0 Å². The lowest BCUT2D eigenvalue weighted by molar-refractivity contribution is -0.116. The quantitative estimate of drug-likeness (QED) is 0.661. The van der Waals surface area contributed by atoms with E-state index in [2.05, 4.69) is 5.32 Å². The van der Waals surface area contributed by atoms with E-state index in [1.54, 1.807) is 38.1 Å². The molecule has 1 amide bonds. The van der Waals surface area contributed by atoms with Crippen molar-refractivity contribution in [1.82, 2.24) is 0 Å². The highest BCUT2D eigenvalue weighted by molar-refractivity contribution is 7.92. The van der Waals surface area contributed by atoms with Crippen molar-refractivity contribution >= 4 is 49.7 Å². The standard InChI is InChI=1S/C21H21ClN2O3S/c1-14-11-12-17(22)13-20(14)24(28(3,26)27)15(2)21(25)23-19-10-6-8-16-7-4-5-9-18(16)19/h4-13,15H,1-3H3,(H,23,25)/t15-/m0/s1. The molecule has 0 unspecified atom stereocenters. The number of hydrogen-bond acceptors (Lipinski definition) is 3. The Kier molecular flexibility index (Phi) is 5.63. The smallest absolute Gasteiger partial charge is 0.248 e. The van der Waals surface area contributed by atoms with E-state index < -0.39 is 22.0 Å². The van der Waals surface area contributed by atoms with Gasteiger partial charge in [-0.3, -0.25) is 9.10 Å². The summed E-state index contributed by atoms with van der Waals surface area (Å²) in [5, 5.41) is 5.13. The van der Waals surface area contributed by atoms with E-state index >= 15 is 0 Å². The molecule has 1 N–H and O–H groups in total. The first-order chi connectivity index (χ1) is 13.2. The van der Waals surface area contributed by atoms with E-state index in [9.17, 15) is 13.2 Å². The van der Waals surface area contributed by atoms with Crippen LogP contribution in [0.5, 0.6) is 0 Å². The van der Waals surface area contributed by atoms with Crippen molar-refractivity contribution in [3.05, 3.63) is 71.2 Å². The Morgan fingerprint density at radius 3 is 2.46 bits per heavy atom. The molecule has 146 valence electrons. The maximum Gasteiger partial charge on any atom is 0.248 e. The topological polar surface area (TPSA) is 66.5 Å². The van der Waals surface area contributed by atoms with Crippen LogP contribution >= 0.6 is 11.6 Å². The molecule has 3 rings (SSSR count). The molecule has 0 aliphatic heterocycles. The van der Waals surface area contributed by atoms with Gasteiger partial charge in [0.2, 0.25) is 15.9 Å². The third kappa shape index (κ3) is 4.13. The highest BCUT2D eigenvalue weighted by atomic mass is 35.5. The molecule has 0 radical (unpaired) electrons. The van der Waals surface area contributed by atoms with E-state index in [0.717, 1.165) is 21.3 Å². The molecule has 3 aromatic carbocycles. The Morgan fingerprint density at radius 2 is 1.75 bits per heavy atom. The van der Waals surface area contributed by atoms with Crippen LogP contribution in [0.4, 0.5) is 11.4 Å². The first kappa shape index (κ1) is 20.2. The number of carbonyl (C=O) groups is 1. The minimum absolute atomic E-state index is 0.385. The third-order valence-electron chi connectivity index (χ3n) is 4.54. The van der Waals surface area contributed by atoms with Gasteiger partial charge in [0.15, 0.2) is 0 Å². The highest BCUT2D eigenvalue weighted by Gasteiger charge is 2.30. The minimum Gasteiger partial charge on any atom is -0.324 e. The van der Waals surface area contributed by atoms with Gasteiger partial charge in [-0.2, -0.15) is 0 Å². The molecule has 0 fully saturated rings. The molecule has 0 saturated carbocycles. The van der Waals surface area contributed by atoms with Crippen molar-refractivity contribution in [3.8, 4) is 0 Å². The van der Waals surface area contributed by atoms with Crippen molar-refractivity contribution in [2.24, 2.45) is 0 Å². The molecule has 5 nitrogen and oxygen atoms in total. The number of rotatable bonds is 5. The molecule has 3 aromatic rings. The Labute approximate surface area is 170 Å². The normalized spacial score (nSPS) is 12.6. The van der Waals surface area contributed by atoms with Crippen LogP contribution in [0.15, 0.2) is 60.7 Å². The number of carbonyl (C=O) groups excluding carboxylic acids is 1. The van der Waals surface area contributed by atoms with Gasteiger partial charge in [-0.25, -0.2) is 8.42 Å². The molecule has 1 atom stereocenters. The fourth-order valence-corrected chi connectivity index (χ4v) is 4.56. The summed E-state index contributed by atoms with van der Waals surface area (Å²) < 4.78 is 26.1. The molecule has 0 aliphatic rings. The molecular formula is C21H21ClN2O3S. The van der Waals surface area contributed by atoms with Crippen molar-refractivity contribution in [1.29, 1.82) is 0 Å². The lowest BCUT2D eigenvalue weighted by atomic mass is 10.1. The fraction of sp³-hybridized carbons (Fsp3) is 0.190. The monoisotopic (exact) mass is 416 g/mol. The molecular weight excluding hydrogens is 396 g/mol. The maximum absolute atomic E-state index is 13.0. The number of amides is 1. The summed E-state index contributed by atoms with van der Waals surface area (Å²) in [6.45, 7) is 3.33. The van der Waals surface area contributed by atoms with Gasteiger partial charge in [-0.15, -0.1) is 0 Å². The number of sulfonamides is 1. The molecule has 0 bridgehead atoms. The zero-order valence-corrected chi connectivity index (χ0v) is 17.4. The number of halogens is 1. The summed E-state index contributed by atoms with van der Waals surface area (Å²) in [7, 11) is -3.72. The molecule has 28 heavy (non-hydrogen) atoms. The summed E-state index contributed by atoms with van der Waals surface area (Å²) in [5.74, 6) is -0.429. The van der Waals surface area contributed by atoms with Crippen LogP contribution in [0.25, 0.3) is 10.8 Å². The van der Waals surface area contributed by atoms with Gasteiger partial charge < -0.3 is 5.32 Å². The van der Waals surface area contributed by atoms with Crippen LogP contribution in [-0.4, -0.2) is 26.6 Å². The van der Waals surface area contributed by atoms with Gasteiger partial charge in [0.05, 0.1) is 11.9 Å². The first-order valence-corrected chi connectivity index (χ1v) is 11.0. The summed E-state index contributed by atoms with van der Waals surface area (Å²) in [5.41, 5.74) is 1.72. The summed E-state index contributed by atoms with van der Waals surface area (Å²) in [6.07, 6.45) is 1.08. The van der Waals surface area contributed by atoms with Crippen molar-refractivity contribution in [2.75, 3.05) is 15.9 Å². The average molecular weight is 417 g/mol. The summed E-state index contributed by atoms with van der Waals surface area (Å²) in [4.78, 5) is 13.0. The Balaban J connectivity index is 1.98. The number of nitrogens with zero attached hydrogens (tertiary/aromatic N) is 1. The predicted molar refractivity (Wildman–Crippen MR) is 116 cm³/mol. The Morgan fingerprint density at radius 1 is 1.07 bits per heavy atom. The maximum atomic E-state index is 13.0. The lowest BCUT2D eigenvalue weighted by Crippen LogP contribution is -2.45. The van der Waals surface area contributed by atoms with E-state index in [-0.39, 0.29) is 0 Å². The second kappa shape index (κ2) is 7.81. The SMILES string of the molecule is Cc1ccc(Cl)cc1N([C@@H](C)C(=O)Nc1cccc2ccccc12)S(C)(=O)=O. The molecule has 0 aliphatic carbocycles. The van der Waals surface area contributed by atoms with Crippen LogP contribution in [0, 0.1) is 6.92 Å². The van der Waals surface area contributed by atoms with Gasteiger partial charge >= 0.3 is 0 Å². The minimum atomic E-state index is -3.72. The number of anilines is 2. The van der Waals surface area contributed by atoms with Crippen LogP contribution in [-0.2, 0) is 14.8 Å². The second-order valence-corrected chi connectivity index (χ2v) is 8.98. The van der Waals surface area contributed by atoms with Crippen molar-refractivity contribution < 1.29 is 13.2 Å². The zero-order valence-electron chi connectivity index (χ0n) is 15.8. The van der Waals surface area contributed by atoms with Gasteiger partial charge in [0.1, 0.15) is 6.04 Å². The van der Waals surface area contributed by atoms with Crippen molar-refractivity contribution in [2.45, 2.75) is 19.9 Å². The molecule has 0 spiro atoms. The van der Waals surface area contributed by atoms with E-state index in [1.807, 2.05) is 36.4 Å². The summed E-state index contributed by atoms with van der Waals surface area (Å²) >= 11 is 6.07. The second-order valence-electron chi connectivity index (χ2n) is 6.68. The number of aryl methyl sites for hydroxylation is 1. The van der Waals surface area contributed by atoms with Gasteiger partial charge in [-0.05, 0) is 43.0 Å². The van der Waals surface area contributed by atoms with Crippen LogP contribution in [0.1, 0.15) is 12.5 Å². The number of benzene rings is 3. The molecule has 7 heteroatoms. The molecule has 0 saturated heterocycles. The lowest BCUT2D eigenvalue weighted by Gasteiger charge is -2.29. The fourth-order valence-electron chi connectivity index (χ4n) is 3.17. The van der Waals surface area contributed by atoms with Crippen LogP contribution in [0.2, 0.25) is 5.02 Å². The van der Waals surface area contributed by atoms with Crippen LogP contribution < -0.4 is 9.62 Å². The van der Waals surface area contributed by atoms with Gasteiger partial charge in [-0.1, -0.05) is 54.1 Å².